The molecule has 0 saturated carbocycles. The molecule has 2 aromatic rings. The minimum absolute atomic E-state index is 0.436. The van der Waals surface area contributed by atoms with Crippen LogP contribution < -0.4 is 15.4 Å². The molecule has 0 atom stereocenters. The molecule has 0 bridgehead atoms. The molecule has 1 aromatic carbocycles. The third kappa shape index (κ3) is 5.69. The highest BCUT2D eigenvalue weighted by atomic mass is 16.5. The van der Waals surface area contributed by atoms with Crippen molar-refractivity contribution in [3.8, 4) is 5.75 Å². The molecule has 1 aliphatic carbocycles. The topological polar surface area (TPSA) is 58.8 Å². The van der Waals surface area contributed by atoms with Gasteiger partial charge < -0.3 is 19.8 Å². The van der Waals surface area contributed by atoms with Crippen LogP contribution in [0.4, 0.5) is 0 Å². The van der Waals surface area contributed by atoms with Crippen LogP contribution in [0, 0.1) is 0 Å². The lowest BCUT2D eigenvalue weighted by Gasteiger charge is -2.17. The number of furan rings is 1. The Hall–Kier alpha value is -2.69. The number of ether oxygens (including phenoxy) is 1. The van der Waals surface area contributed by atoms with Crippen molar-refractivity contribution in [1.29, 1.82) is 0 Å². The molecule has 26 heavy (non-hydrogen) atoms. The number of benzene rings is 1. The third-order valence-electron chi connectivity index (χ3n) is 4.42. The minimum atomic E-state index is 0.436. The number of hydrogen-bond donors (Lipinski definition) is 2. The second-order valence-electron chi connectivity index (χ2n) is 6.37. The maximum Gasteiger partial charge on any atom is 0.191 e. The van der Waals surface area contributed by atoms with Crippen LogP contribution in [0.15, 0.2) is 64.2 Å². The van der Waals surface area contributed by atoms with E-state index in [4.69, 9.17) is 14.1 Å². The van der Waals surface area contributed by atoms with E-state index in [-0.39, 0.29) is 0 Å². The normalized spacial score (nSPS) is 14.6. The van der Waals surface area contributed by atoms with Gasteiger partial charge in [-0.25, -0.2) is 0 Å². The smallest absolute Gasteiger partial charge is 0.191 e. The van der Waals surface area contributed by atoms with E-state index in [2.05, 4.69) is 34.9 Å². The Labute approximate surface area is 155 Å². The molecule has 0 fully saturated rings. The summed E-state index contributed by atoms with van der Waals surface area (Å²) in [6.45, 7) is 1.53. The Balaban J connectivity index is 1.49. The van der Waals surface area contributed by atoms with Gasteiger partial charge in [-0.2, -0.15) is 0 Å². The van der Waals surface area contributed by atoms with Crippen molar-refractivity contribution >= 4 is 5.96 Å². The second-order valence-corrected chi connectivity index (χ2v) is 6.37. The van der Waals surface area contributed by atoms with E-state index in [1.165, 1.54) is 5.56 Å². The summed E-state index contributed by atoms with van der Waals surface area (Å²) >= 11 is 0. The lowest BCUT2D eigenvalue weighted by Crippen LogP contribution is -2.43. The van der Waals surface area contributed by atoms with Crippen LogP contribution in [0.1, 0.15) is 24.2 Å². The average Bonchev–Trinajstić information content (AvgIpc) is 3.36. The summed E-state index contributed by atoms with van der Waals surface area (Å²) in [6.07, 6.45) is 9.99. The Morgan fingerprint density at radius 3 is 2.65 bits per heavy atom. The van der Waals surface area contributed by atoms with E-state index >= 15 is 0 Å². The van der Waals surface area contributed by atoms with Crippen molar-refractivity contribution in [2.75, 3.05) is 20.2 Å². The number of aliphatic imine (C=N–C) groups is 1. The maximum atomic E-state index is 5.38. The molecule has 2 N–H and O–H groups in total. The fourth-order valence-electron chi connectivity index (χ4n) is 2.93. The van der Waals surface area contributed by atoms with Crippen molar-refractivity contribution < 1.29 is 9.15 Å². The zero-order valence-corrected chi connectivity index (χ0v) is 15.3. The number of hydrogen-bond acceptors (Lipinski definition) is 3. The molecule has 138 valence electrons. The Kier molecular flexibility index (Phi) is 6.76. The first-order valence-corrected chi connectivity index (χ1v) is 9.18. The molecule has 0 aliphatic heterocycles. The molecule has 3 rings (SSSR count). The predicted octanol–water partition coefficient (Wildman–Crippen LogP) is 3.33. The Bertz CT molecular complexity index is 697. The Morgan fingerprint density at radius 2 is 1.96 bits per heavy atom. The van der Waals surface area contributed by atoms with Crippen LogP contribution in [0.3, 0.4) is 0 Å². The lowest BCUT2D eigenvalue weighted by molar-refractivity contribution is 0.414. The fraction of sp³-hybridized carbons (Fsp3) is 0.381. The first kappa shape index (κ1) is 18.1. The molecule has 1 aliphatic rings. The summed E-state index contributed by atoms with van der Waals surface area (Å²) in [5.41, 5.74) is 1.27. The molecule has 0 saturated heterocycles. The van der Waals surface area contributed by atoms with Crippen LogP contribution in [-0.4, -0.2) is 32.2 Å². The number of guanidine groups is 1. The van der Waals surface area contributed by atoms with Crippen molar-refractivity contribution in [3.05, 3.63) is 66.1 Å². The van der Waals surface area contributed by atoms with Gasteiger partial charge in [-0.1, -0.05) is 24.3 Å². The minimum Gasteiger partial charge on any atom is -0.497 e. The van der Waals surface area contributed by atoms with E-state index in [0.29, 0.717) is 12.6 Å². The molecule has 5 nitrogen and oxygen atoms in total. The van der Waals surface area contributed by atoms with Gasteiger partial charge in [0.2, 0.25) is 0 Å². The third-order valence-corrected chi connectivity index (χ3v) is 4.42. The van der Waals surface area contributed by atoms with Crippen LogP contribution in [0.5, 0.6) is 5.75 Å². The van der Waals surface area contributed by atoms with Crippen molar-refractivity contribution in [2.24, 2.45) is 4.99 Å². The van der Waals surface area contributed by atoms with Gasteiger partial charge in [0.1, 0.15) is 11.5 Å². The summed E-state index contributed by atoms with van der Waals surface area (Å²) < 4.78 is 10.6. The summed E-state index contributed by atoms with van der Waals surface area (Å²) in [5.74, 6) is 2.73. The van der Waals surface area contributed by atoms with Crippen molar-refractivity contribution in [3.63, 3.8) is 0 Å². The van der Waals surface area contributed by atoms with Gasteiger partial charge in [-0.3, -0.25) is 4.99 Å². The van der Waals surface area contributed by atoms with E-state index < -0.39 is 0 Å². The quantitative estimate of drug-likeness (QED) is 0.434. The zero-order valence-electron chi connectivity index (χ0n) is 15.3. The summed E-state index contributed by atoms with van der Waals surface area (Å²) in [5, 5.41) is 6.98. The average molecular weight is 353 g/mol. The molecule has 1 heterocycles. The van der Waals surface area contributed by atoms with Crippen LogP contribution >= 0.6 is 0 Å². The maximum absolute atomic E-state index is 5.38. The van der Waals surface area contributed by atoms with Crippen LogP contribution in [0.2, 0.25) is 0 Å². The first-order chi connectivity index (χ1) is 12.8. The standard InChI is InChI=1S/C21H27N3O2/c1-25-19-10-8-17(9-11-19)12-14-22-21(24-18-5-2-3-6-18)23-15-13-20-7-4-16-26-20/h2-4,7-11,16,18H,5-6,12-15H2,1H3,(H2,22,23,24). The largest absolute Gasteiger partial charge is 0.497 e. The van der Waals surface area contributed by atoms with E-state index in [0.717, 1.165) is 49.7 Å². The van der Waals surface area contributed by atoms with Crippen molar-refractivity contribution in [1.82, 2.24) is 10.6 Å². The van der Waals surface area contributed by atoms with Gasteiger partial charge in [0, 0.05) is 25.6 Å². The molecule has 1 aromatic heterocycles. The monoisotopic (exact) mass is 353 g/mol. The molecule has 0 unspecified atom stereocenters. The van der Waals surface area contributed by atoms with Gasteiger partial charge in [0.05, 0.1) is 13.4 Å². The molecule has 0 radical (unpaired) electrons. The molecular formula is C21H27N3O2. The number of rotatable bonds is 8. The molecular weight excluding hydrogens is 326 g/mol. The van der Waals surface area contributed by atoms with Gasteiger partial charge in [-0.15, -0.1) is 0 Å². The Morgan fingerprint density at radius 1 is 1.15 bits per heavy atom. The lowest BCUT2D eigenvalue weighted by atomic mass is 10.1. The number of nitrogens with one attached hydrogen (secondary N) is 2. The van der Waals surface area contributed by atoms with Crippen molar-refractivity contribution in [2.45, 2.75) is 31.7 Å². The first-order valence-electron chi connectivity index (χ1n) is 9.18. The van der Waals surface area contributed by atoms with E-state index in [1.54, 1.807) is 13.4 Å². The van der Waals surface area contributed by atoms with Crippen LogP contribution in [-0.2, 0) is 12.8 Å². The summed E-state index contributed by atoms with van der Waals surface area (Å²) in [7, 11) is 1.69. The zero-order chi connectivity index (χ0) is 18.0. The van der Waals surface area contributed by atoms with Gasteiger partial charge in [0.25, 0.3) is 0 Å². The predicted molar refractivity (Wildman–Crippen MR) is 105 cm³/mol. The highest BCUT2D eigenvalue weighted by molar-refractivity contribution is 5.80. The van der Waals surface area contributed by atoms with Gasteiger partial charge in [-0.05, 0) is 49.1 Å². The van der Waals surface area contributed by atoms with E-state index in [1.807, 2.05) is 24.3 Å². The van der Waals surface area contributed by atoms with Crippen LogP contribution in [0.25, 0.3) is 0 Å². The van der Waals surface area contributed by atoms with Gasteiger partial charge in [0.15, 0.2) is 5.96 Å². The summed E-state index contributed by atoms with van der Waals surface area (Å²) in [4.78, 5) is 4.71. The SMILES string of the molecule is COc1ccc(CCNC(=NCCc2ccco2)NC2CC=CC2)cc1. The number of nitrogens with zero attached hydrogens (tertiary/aromatic N) is 1. The second kappa shape index (κ2) is 9.70. The fourth-order valence-corrected chi connectivity index (χ4v) is 2.93. The molecule has 5 heteroatoms. The summed E-state index contributed by atoms with van der Waals surface area (Å²) in [6, 6.07) is 12.5. The van der Waals surface area contributed by atoms with Gasteiger partial charge >= 0.3 is 0 Å². The highest BCUT2D eigenvalue weighted by Crippen LogP contribution is 2.11. The number of methoxy groups -OCH3 is 1. The molecule has 0 amide bonds. The molecule has 0 spiro atoms. The van der Waals surface area contributed by atoms with E-state index in [9.17, 15) is 0 Å². The highest BCUT2D eigenvalue weighted by Gasteiger charge is 2.11.